The van der Waals surface area contributed by atoms with Crippen molar-refractivity contribution in [1.82, 2.24) is 24.1 Å². The summed E-state index contributed by atoms with van der Waals surface area (Å²) in [4.78, 5) is 42.8. The molecule has 0 atom stereocenters. The van der Waals surface area contributed by atoms with Crippen LogP contribution in [0.2, 0.25) is 10.0 Å². The third-order valence-corrected chi connectivity index (χ3v) is 7.71. The quantitative estimate of drug-likeness (QED) is 0.175. The first kappa shape index (κ1) is 30.9. The SMILES string of the molecule is COc1cc(/C=N/NC(=O)c2cc(Br)ccc2O)ccc1Oc1nc2c(c(=O)n(C)c(=O)n2C)n1Cc1ccc(Cl)cc1Cl. The average molecular weight is 702 g/mol. The number of nitrogens with zero attached hydrogens (tertiary/aromatic N) is 5. The Bertz CT molecular complexity index is 2090. The molecule has 2 heterocycles. The lowest BCUT2D eigenvalue weighted by Crippen LogP contribution is -2.37. The van der Waals surface area contributed by atoms with Crippen LogP contribution in [-0.4, -0.2) is 43.0 Å². The van der Waals surface area contributed by atoms with E-state index in [9.17, 15) is 19.5 Å². The summed E-state index contributed by atoms with van der Waals surface area (Å²) in [6.45, 7) is 0.0789. The predicted molar refractivity (Wildman–Crippen MR) is 170 cm³/mol. The number of aromatic nitrogens is 4. The summed E-state index contributed by atoms with van der Waals surface area (Å²) in [6, 6.07) is 14.3. The first-order valence-corrected chi connectivity index (χ1v) is 14.3. The van der Waals surface area contributed by atoms with Crippen molar-refractivity contribution in [3.8, 4) is 23.3 Å². The Morgan fingerprint density at radius 1 is 1.07 bits per heavy atom. The molecule has 12 nitrogen and oxygen atoms in total. The first-order valence-electron chi connectivity index (χ1n) is 12.8. The van der Waals surface area contributed by atoms with Crippen LogP contribution in [0.25, 0.3) is 11.2 Å². The smallest absolute Gasteiger partial charge is 0.332 e. The van der Waals surface area contributed by atoms with Crippen molar-refractivity contribution in [2.45, 2.75) is 6.54 Å². The number of phenols is 1. The maximum absolute atomic E-state index is 13.3. The number of hydrazone groups is 1. The molecule has 0 spiro atoms. The van der Waals surface area contributed by atoms with E-state index in [0.717, 1.165) is 4.57 Å². The Hall–Kier alpha value is -4.59. The molecule has 44 heavy (non-hydrogen) atoms. The maximum atomic E-state index is 13.3. The minimum atomic E-state index is -0.604. The lowest BCUT2D eigenvalue weighted by atomic mass is 10.2. The van der Waals surface area contributed by atoms with Gasteiger partial charge in [-0.2, -0.15) is 10.1 Å². The van der Waals surface area contributed by atoms with Gasteiger partial charge in [0.25, 0.3) is 11.5 Å². The van der Waals surface area contributed by atoms with Crippen molar-refractivity contribution in [2.75, 3.05) is 7.11 Å². The van der Waals surface area contributed by atoms with Crippen LogP contribution in [0.3, 0.4) is 0 Å². The Labute approximate surface area is 267 Å². The van der Waals surface area contributed by atoms with E-state index in [2.05, 4.69) is 31.4 Å². The molecule has 0 bridgehead atoms. The molecule has 5 rings (SSSR count). The van der Waals surface area contributed by atoms with Gasteiger partial charge in [0.05, 0.1) is 25.4 Å². The number of rotatable bonds is 8. The number of hydrogen-bond acceptors (Lipinski definition) is 8. The molecule has 0 radical (unpaired) electrons. The number of nitrogens with one attached hydrogen (secondary N) is 1. The summed E-state index contributed by atoms with van der Waals surface area (Å²) in [6.07, 6.45) is 1.39. The monoisotopic (exact) mass is 700 g/mol. The molecule has 2 aromatic heterocycles. The summed E-state index contributed by atoms with van der Waals surface area (Å²) in [5, 5.41) is 14.7. The molecule has 226 valence electrons. The number of methoxy groups -OCH3 is 1. The zero-order valence-electron chi connectivity index (χ0n) is 23.3. The summed E-state index contributed by atoms with van der Waals surface area (Å²) < 4.78 is 16.1. The van der Waals surface area contributed by atoms with Gasteiger partial charge in [-0.3, -0.25) is 23.3 Å². The van der Waals surface area contributed by atoms with E-state index in [1.165, 1.54) is 48.7 Å². The summed E-state index contributed by atoms with van der Waals surface area (Å²) >= 11 is 15.8. The number of hydrogen-bond donors (Lipinski definition) is 2. The molecule has 2 N–H and O–H groups in total. The van der Waals surface area contributed by atoms with Gasteiger partial charge in [-0.15, -0.1) is 0 Å². The van der Waals surface area contributed by atoms with Crippen molar-refractivity contribution < 1.29 is 19.4 Å². The summed E-state index contributed by atoms with van der Waals surface area (Å²) in [5.74, 6) is -0.262. The van der Waals surface area contributed by atoms with E-state index in [4.69, 9.17) is 32.7 Å². The molecule has 1 amide bonds. The normalized spacial score (nSPS) is 11.3. The van der Waals surface area contributed by atoms with Crippen molar-refractivity contribution in [1.29, 1.82) is 0 Å². The number of imidazole rings is 1. The van der Waals surface area contributed by atoms with Gasteiger partial charge in [-0.05, 0) is 59.7 Å². The molecule has 0 saturated heterocycles. The molecule has 0 fully saturated rings. The van der Waals surface area contributed by atoms with Gasteiger partial charge in [-0.25, -0.2) is 10.2 Å². The second kappa shape index (κ2) is 12.6. The molecule has 0 saturated carbocycles. The molecular weight excluding hydrogens is 679 g/mol. The highest BCUT2D eigenvalue weighted by molar-refractivity contribution is 9.10. The van der Waals surface area contributed by atoms with Crippen LogP contribution in [0.15, 0.2) is 73.8 Å². The second-order valence-electron chi connectivity index (χ2n) is 9.47. The number of halogens is 3. The van der Waals surface area contributed by atoms with E-state index >= 15 is 0 Å². The van der Waals surface area contributed by atoms with Crippen LogP contribution in [0.4, 0.5) is 0 Å². The lowest BCUT2D eigenvalue weighted by molar-refractivity contribution is 0.0952. The zero-order chi connectivity index (χ0) is 31.7. The fourth-order valence-electron chi connectivity index (χ4n) is 4.33. The van der Waals surface area contributed by atoms with Gasteiger partial charge in [0.1, 0.15) is 5.75 Å². The number of carbonyl (C=O) groups excluding carboxylic acids is 1. The highest BCUT2D eigenvalue weighted by Gasteiger charge is 2.22. The first-order chi connectivity index (χ1) is 21.0. The molecule has 3 aromatic carbocycles. The van der Waals surface area contributed by atoms with Crippen LogP contribution < -0.4 is 26.1 Å². The third kappa shape index (κ3) is 6.07. The molecule has 0 aliphatic rings. The number of ether oxygens (including phenoxy) is 2. The average Bonchev–Trinajstić information content (AvgIpc) is 3.35. The molecule has 0 unspecified atom stereocenters. The minimum Gasteiger partial charge on any atom is -0.507 e. The molecule has 0 aliphatic heterocycles. The lowest BCUT2D eigenvalue weighted by Gasteiger charge is -2.13. The van der Waals surface area contributed by atoms with Crippen LogP contribution in [0, 0.1) is 0 Å². The Morgan fingerprint density at radius 2 is 1.84 bits per heavy atom. The zero-order valence-corrected chi connectivity index (χ0v) is 26.4. The Morgan fingerprint density at radius 3 is 2.57 bits per heavy atom. The number of phenolic OH excluding ortho intramolecular Hbond substituents is 1. The standard InChI is InChI=1S/C29H23BrCl2N6O6/c1-36-25-24(27(41)37(2)29(36)42)38(14-16-5-7-18(31)12-20(16)32)28(34-25)44-22-9-4-15(10-23(22)43-3)13-33-35-26(40)19-11-17(30)6-8-21(19)39/h4-13,39H,14H2,1-3H3,(H,35,40)/b33-13+. The van der Waals surface area contributed by atoms with E-state index in [1.54, 1.807) is 42.5 Å². The van der Waals surface area contributed by atoms with Crippen molar-refractivity contribution in [3.63, 3.8) is 0 Å². The van der Waals surface area contributed by atoms with Crippen LogP contribution in [0.5, 0.6) is 23.3 Å². The van der Waals surface area contributed by atoms with Crippen LogP contribution >= 0.6 is 39.1 Å². The Kier molecular flexibility index (Phi) is 8.81. The summed E-state index contributed by atoms with van der Waals surface area (Å²) in [5.41, 5.74) is 2.73. The van der Waals surface area contributed by atoms with E-state index in [-0.39, 0.29) is 46.5 Å². The molecular formula is C29H23BrCl2N6O6. The molecule has 0 aliphatic carbocycles. The number of fused-ring (bicyclic) bond motifs is 1. The van der Waals surface area contributed by atoms with Gasteiger partial charge < -0.3 is 14.6 Å². The number of benzene rings is 3. The number of amides is 1. The number of aryl methyl sites for hydroxylation is 1. The topological polar surface area (TPSA) is 142 Å². The van der Waals surface area contributed by atoms with Gasteiger partial charge in [0.15, 0.2) is 22.7 Å². The largest absolute Gasteiger partial charge is 0.507 e. The van der Waals surface area contributed by atoms with Crippen molar-refractivity contribution in [3.05, 3.63) is 107 Å². The fraction of sp³-hybridized carbons (Fsp3) is 0.138. The number of carbonyl (C=O) groups is 1. The van der Waals surface area contributed by atoms with Gasteiger partial charge in [-0.1, -0.05) is 45.2 Å². The van der Waals surface area contributed by atoms with Crippen molar-refractivity contribution in [2.24, 2.45) is 19.2 Å². The minimum absolute atomic E-state index is 0.00475. The van der Waals surface area contributed by atoms with Gasteiger partial charge >= 0.3 is 11.7 Å². The van der Waals surface area contributed by atoms with E-state index < -0.39 is 17.2 Å². The van der Waals surface area contributed by atoms with Crippen LogP contribution in [-0.2, 0) is 20.6 Å². The molecule has 5 aromatic rings. The van der Waals surface area contributed by atoms with Gasteiger partial charge in [0.2, 0.25) is 0 Å². The van der Waals surface area contributed by atoms with E-state index in [0.29, 0.717) is 25.6 Å². The molecule has 15 heteroatoms. The van der Waals surface area contributed by atoms with Crippen molar-refractivity contribution >= 4 is 62.4 Å². The summed E-state index contributed by atoms with van der Waals surface area (Å²) in [7, 11) is 4.33. The van der Waals surface area contributed by atoms with Gasteiger partial charge in [0, 0.05) is 28.6 Å². The highest BCUT2D eigenvalue weighted by atomic mass is 79.9. The fourth-order valence-corrected chi connectivity index (χ4v) is 5.16. The number of aromatic hydroxyl groups is 1. The predicted octanol–water partition coefficient (Wildman–Crippen LogP) is 4.82. The third-order valence-electron chi connectivity index (χ3n) is 6.63. The highest BCUT2D eigenvalue weighted by Crippen LogP contribution is 2.34. The second-order valence-corrected chi connectivity index (χ2v) is 11.2. The van der Waals surface area contributed by atoms with Crippen LogP contribution in [0.1, 0.15) is 21.5 Å². The Balaban J connectivity index is 1.49. The van der Waals surface area contributed by atoms with E-state index in [1.807, 2.05) is 0 Å². The maximum Gasteiger partial charge on any atom is 0.332 e.